The molecule has 0 aromatic carbocycles. The van der Waals surface area contributed by atoms with Gasteiger partial charge in [-0.1, -0.05) is 18.7 Å². The maximum atomic E-state index is 10.2. The van der Waals surface area contributed by atoms with E-state index in [-0.39, 0.29) is 0 Å². The second-order valence-corrected chi connectivity index (χ2v) is 2.37. The molecule has 0 saturated heterocycles. The van der Waals surface area contributed by atoms with Crippen molar-refractivity contribution in [2.75, 3.05) is 0 Å². The molecule has 0 aliphatic heterocycles. The Hall–Kier alpha value is -1.05. The number of carbonyl (C=O) groups is 1. The third kappa shape index (κ3) is 5.40. The van der Waals surface area contributed by atoms with Gasteiger partial charge in [0.25, 0.3) is 0 Å². The summed E-state index contributed by atoms with van der Waals surface area (Å²) in [6, 6.07) is 0. The molecule has 0 fully saturated rings. The first kappa shape index (κ1) is 9.95. The predicted molar refractivity (Wildman–Crippen MR) is 45.4 cm³/mol. The van der Waals surface area contributed by atoms with Crippen LogP contribution in [0.4, 0.5) is 0 Å². The van der Waals surface area contributed by atoms with E-state index in [0.29, 0.717) is 12.0 Å². The number of rotatable bonds is 5. The molecule has 2 heteroatoms. The van der Waals surface area contributed by atoms with E-state index in [0.717, 1.165) is 12.8 Å². The van der Waals surface area contributed by atoms with Crippen LogP contribution in [0.2, 0.25) is 0 Å². The molecule has 0 amide bonds. The standard InChI is InChI=1S/C9H14O2/c1-3-4-5-6-7-8(2)9(10)11/h3-4H,2,5-7H2,1H3,(H,10,11). The molecule has 0 aromatic heterocycles. The lowest BCUT2D eigenvalue weighted by atomic mass is 10.1. The number of aliphatic carboxylic acids is 1. The number of hydrogen-bond acceptors (Lipinski definition) is 1. The van der Waals surface area contributed by atoms with Gasteiger partial charge < -0.3 is 5.11 Å². The highest BCUT2D eigenvalue weighted by atomic mass is 16.4. The number of allylic oxidation sites excluding steroid dienone is 2. The Balaban J connectivity index is 3.39. The zero-order chi connectivity index (χ0) is 8.69. The molecular weight excluding hydrogens is 140 g/mol. The Kier molecular flexibility index (Phi) is 5.17. The van der Waals surface area contributed by atoms with Gasteiger partial charge >= 0.3 is 5.97 Å². The summed E-state index contributed by atoms with van der Waals surface area (Å²) in [6.45, 7) is 5.38. The van der Waals surface area contributed by atoms with Gasteiger partial charge in [-0.05, 0) is 26.2 Å². The average Bonchev–Trinajstić information content (AvgIpc) is 1.97. The summed E-state index contributed by atoms with van der Waals surface area (Å²) in [6.07, 6.45) is 6.37. The smallest absolute Gasteiger partial charge is 0.330 e. The van der Waals surface area contributed by atoms with Crippen LogP contribution in [0, 0.1) is 0 Å². The van der Waals surface area contributed by atoms with Crippen molar-refractivity contribution in [3.63, 3.8) is 0 Å². The lowest BCUT2D eigenvalue weighted by molar-refractivity contribution is -0.132. The van der Waals surface area contributed by atoms with Gasteiger partial charge in [-0.2, -0.15) is 0 Å². The molecule has 0 aliphatic carbocycles. The molecule has 0 bridgehead atoms. The van der Waals surface area contributed by atoms with Crippen LogP contribution in [0.3, 0.4) is 0 Å². The molecule has 11 heavy (non-hydrogen) atoms. The van der Waals surface area contributed by atoms with Crippen molar-refractivity contribution in [1.29, 1.82) is 0 Å². The molecule has 2 nitrogen and oxygen atoms in total. The Labute approximate surface area is 67.2 Å². The molecule has 0 aliphatic rings. The van der Waals surface area contributed by atoms with Crippen LogP contribution >= 0.6 is 0 Å². The summed E-state index contributed by atoms with van der Waals surface area (Å²) in [5, 5.41) is 8.42. The third-order valence-electron chi connectivity index (χ3n) is 1.39. The van der Waals surface area contributed by atoms with Gasteiger partial charge in [-0.25, -0.2) is 4.79 Å². The number of carboxylic acids is 1. The van der Waals surface area contributed by atoms with Gasteiger partial charge in [0.15, 0.2) is 0 Å². The van der Waals surface area contributed by atoms with Gasteiger partial charge in [0.1, 0.15) is 0 Å². The normalized spacial score (nSPS) is 10.3. The highest BCUT2D eigenvalue weighted by molar-refractivity contribution is 5.85. The summed E-state index contributed by atoms with van der Waals surface area (Å²) in [5.41, 5.74) is 0.300. The molecule has 0 rings (SSSR count). The van der Waals surface area contributed by atoms with Crippen LogP contribution in [-0.2, 0) is 4.79 Å². The van der Waals surface area contributed by atoms with Gasteiger partial charge in [0, 0.05) is 5.57 Å². The first-order valence-corrected chi connectivity index (χ1v) is 3.70. The Morgan fingerprint density at radius 3 is 2.73 bits per heavy atom. The largest absolute Gasteiger partial charge is 0.478 e. The minimum atomic E-state index is -0.884. The number of hydrogen-bond donors (Lipinski definition) is 1. The lowest BCUT2D eigenvalue weighted by Gasteiger charge is -1.96. The average molecular weight is 154 g/mol. The van der Waals surface area contributed by atoms with E-state index < -0.39 is 5.97 Å². The first-order valence-electron chi connectivity index (χ1n) is 3.70. The second-order valence-electron chi connectivity index (χ2n) is 2.37. The summed E-state index contributed by atoms with van der Waals surface area (Å²) in [5.74, 6) is -0.884. The van der Waals surface area contributed by atoms with Crippen LogP contribution in [0.5, 0.6) is 0 Å². The number of carboxylic acid groups (broad SMARTS) is 1. The van der Waals surface area contributed by atoms with Crippen LogP contribution in [0.1, 0.15) is 26.2 Å². The van der Waals surface area contributed by atoms with Crippen LogP contribution in [0.25, 0.3) is 0 Å². The van der Waals surface area contributed by atoms with Crippen LogP contribution in [0.15, 0.2) is 24.3 Å². The topological polar surface area (TPSA) is 37.3 Å². The van der Waals surface area contributed by atoms with E-state index in [1.165, 1.54) is 0 Å². The molecular formula is C9H14O2. The molecule has 0 saturated carbocycles. The molecule has 62 valence electrons. The Morgan fingerprint density at radius 2 is 2.27 bits per heavy atom. The maximum absolute atomic E-state index is 10.2. The van der Waals surface area contributed by atoms with Crippen molar-refractivity contribution in [2.45, 2.75) is 26.2 Å². The molecule has 0 unspecified atom stereocenters. The first-order chi connectivity index (χ1) is 5.18. The molecule has 0 heterocycles. The van der Waals surface area contributed by atoms with Gasteiger partial charge in [-0.15, -0.1) is 0 Å². The molecule has 1 N–H and O–H groups in total. The highest BCUT2D eigenvalue weighted by Gasteiger charge is 2.01. The van der Waals surface area contributed by atoms with Crippen molar-refractivity contribution >= 4 is 5.97 Å². The van der Waals surface area contributed by atoms with E-state index in [1.807, 2.05) is 19.1 Å². The van der Waals surface area contributed by atoms with Crippen molar-refractivity contribution in [1.82, 2.24) is 0 Å². The summed E-state index contributed by atoms with van der Waals surface area (Å²) >= 11 is 0. The van der Waals surface area contributed by atoms with Crippen molar-refractivity contribution in [2.24, 2.45) is 0 Å². The fourth-order valence-electron chi connectivity index (χ4n) is 0.707. The monoisotopic (exact) mass is 154 g/mol. The molecule has 0 spiro atoms. The summed E-state index contributed by atoms with van der Waals surface area (Å²) in [4.78, 5) is 10.2. The van der Waals surface area contributed by atoms with Crippen molar-refractivity contribution in [3.05, 3.63) is 24.3 Å². The predicted octanol–water partition coefficient (Wildman–Crippen LogP) is 2.37. The van der Waals surface area contributed by atoms with E-state index >= 15 is 0 Å². The summed E-state index contributed by atoms with van der Waals surface area (Å²) in [7, 11) is 0. The SMILES string of the molecule is C=C(CCCC=CC)C(=O)O. The lowest BCUT2D eigenvalue weighted by Crippen LogP contribution is -1.97. The maximum Gasteiger partial charge on any atom is 0.330 e. The fraction of sp³-hybridized carbons (Fsp3) is 0.444. The molecule has 0 radical (unpaired) electrons. The van der Waals surface area contributed by atoms with Gasteiger partial charge in [-0.3, -0.25) is 0 Å². The zero-order valence-electron chi connectivity index (χ0n) is 6.84. The Morgan fingerprint density at radius 1 is 1.64 bits per heavy atom. The third-order valence-corrected chi connectivity index (χ3v) is 1.39. The summed E-state index contributed by atoms with van der Waals surface area (Å²) < 4.78 is 0. The zero-order valence-corrected chi connectivity index (χ0v) is 6.84. The van der Waals surface area contributed by atoms with E-state index in [9.17, 15) is 4.79 Å². The van der Waals surface area contributed by atoms with Gasteiger partial charge in [0.05, 0.1) is 0 Å². The fourth-order valence-corrected chi connectivity index (χ4v) is 0.707. The van der Waals surface area contributed by atoms with E-state index in [4.69, 9.17) is 5.11 Å². The van der Waals surface area contributed by atoms with Gasteiger partial charge in [0.2, 0.25) is 0 Å². The minimum Gasteiger partial charge on any atom is -0.478 e. The highest BCUT2D eigenvalue weighted by Crippen LogP contribution is 2.05. The quantitative estimate of drug-likeness (QED) is 0.375. The van der Waals surface area contributed by atoms with Crippen LogP contribution < -0.4 is 0 Å². The molecule has 0 atom stereocenters. The van der Waals surface area contributed by atoms with Crippen molar-refractivity contribution in [3.8, 4) is 0 Å². The second kappa shape index (κ2) is 5.71. The molecule has 0 aromatic rings. The number of unbranched alkanes of at least 4 members (excludes halogenated alkanes) is 1. The minimum absolute atomic E-state index is 0.300. The van der Waals surface area contributed by atoms with E-state index in [1.54, 1.807) is 0 Å². The van der Waals surface area contributed by atoms with Crippen LogP contribution in [-0.4, -0.2) is 11.1 Å². The Bertz CT molecular complexity index is 168. The van der Waals surface area contributed by atoms with Crippen molar-refractivity contribution < 1.29 is 9.90 Å². The van der Waals surface area contributed by atoms with E-state index in [2.05, 4.69) is 6.58 Å².